The van der Waals surface area contributed by atoms with Gasteiger partial charge >= 0.3 is 17.9 Å². The predicted octanol–water partition coefficient (Wildman–Crippen LogP) is -2.79. The Morgan fingerprint density at radius 2 is 1.41 bits per heavy atom. The van der Waals surface area contributed by atoms with Crippen molar-refractivity contribution in [1.29, 1.82) is 0 Å². The van der Waals surface area contributed by atoms with Crippen LogP contribution >= 0.6 is 0 Å². The molecule has 0 aromatic rings. The SMILES string of the molecule is CN[C@@H](CC(=O)O)C(=O)NCC(=O)N[C@@H](CC(=O)O)C(=O)O. The lowest BCUT2D eigenvalue weighted by Crippen LogP contribution is -2.50. The van der Waals surface area contributed by atoms with Crippen LogP contribution in [0, 0.1) is 0 Å². The molecule has 0 unspecified atom stereocenters. The van der Waals surface area contributed by atoms with Gasteiger partial charge in [-0.25, -0.2) is 4.79 Å². The van der Waals surface area contributed by atoms with E-state index >= 15 is 0 Å². The third kappa shape index (κ3) is 7.79. The molecule has 0 aromatic carbocycles. The van der Waals surface area contributed by atoms with Crippen molar-refractivity contribution < 1.29 is 39.3 Å². The molecule has 0 bridgehead atoms. The highest BCUT2D eigenvalue weighted by Gasteiger charge is 2.24. The van der Waals surface area contributed by atoms with Gasteiger partial charge in [-0.15, -0.1) is 0 Å². The van der Waals surface area contributed by atoms with Gasteiger partial charge in [0, 0.05) is 0 Å². The molecule has 11 heteroatoms. The highest BCUT2D eigenvalue weighted by Crippen LogP contribution is 1.94. The number of carbonyl (C=O) groups is 5. The molecule has 6 N–H and O–H groups in total. The Morgan fingerprint density at radius 1 is 0.909 bits per heavy atom. The molecule has 0 rings (SSSR count). The van der Waals surface area contributed by atoms with Crippen molar-refractivity contribution in [2.45, 2.75) is 24.9 Å². The molecule has 2 atom stereocenters. The van der Waals surface area contributed by atoms with Crippen LogP contribution in [0.5, 0.6) is 0 Å². The Labute approximate surface area is 124 Å². The summed E-state index contributed by atoms with van der Waals surface area (Å²) in [5.74, 6) is -5.82. The van der Waals surface area contributed by atoms with Gasteiger partial charge in [0.05, 0.1) is 25.4 Å². The standard InChI is InChI=1S/C11H17N3O8/c1-12-5(2-8(16)17)10(20)13-4-7(15)14-6(11(21)22)3-9(18)19/h5-6,12H,2-4H2,1H3,(H,13,20)(H,14,15)(H,16,17)(H,18,19)(H,21,22)/t5-,6-/m0/s1. The molecule has 0 fully saturated rings. The molecule has 0 aliphatic heterocycles. The molecule has 22 heavy (non-hydrogen) atoms. The number of hydrogen-bond donors (Lipinski definition) is 6. The topological polar surface area (TPSA) is 182 Å². The molecule has 0 spiro atoms. The van der Waals surface area contributed by atoms with Crippen LogP contribution in [-0.2, 0) is 24.0 Å². The minimum atomic E-state index is -1.62. The third-order valence-corrected chi connectivity index (χ3v) is 2.48. The van der Waals surface area contributed by atoms with Gasteiger partial charge in [-0.05, 0) is 7.05 Å². The van der Waals surface area contributed by atoms with Crippen LogP contribution in [0.2, 0.25) is 0 Å². The first-order valence-corrected chi connectivity index (χ1v) is 6.08. The van der Waals surface area contributed by atoms with Crippen molar-refractivity contribution in [2.24, 2.45) is 0 Å². The number of rotatable bonds is 10. The predicted molar refractivity (Wildman–Crippen MR) is 69.9 cm³/mol. The van der Waals surface area contributed by atoms with Crippen LogP contribution in [0.15, 0.2) is 0 Å². The van der Waals surface area contributed by atoms with Crippen LogP contribution in [0.3, 0.4) is 0 Å². The molecule has 2 amide bonds. The number of carboxylic acid groups (broad SMARTS) is 3. The molecular formula is C11H17N3O8. The number of amides is 2. The number of aliphatic carboxylic acids is 3. The average molecular weight is 319 g/mol. The van der Waals surface area contributed by atoms with Gasteiger partial charge in [-0.2, -0.15) is 0 Å². The molecular weight excluding hydrogens is 302 g/mol. The van der Waals surface area contributed by atoms with Crippen LogP contribution in [0.1, 0.15) is 12.8 Å². The van der Waals surface area contributed by atoms with Crippen LogP contribution in [0.25, 0.3) is 0 Å². The number of likely N-dealkylation sites (N-methyl/N-ethyl adjacent to an activating group) is 1. The highest BCUT2D eigenvalue weighted by molar-refractivity contribution is 5.91. The second-order valence-corrected chi connectivity index (χ2v) is 4.21. The zero-order valence-electron chi connectivity index (χ0n) is 11.7. The number of nitrogens with one attached hydrogen (secondary N) is 3. The fourth-order valence-electron chi connectivity index (χ4n) is 1.41. The van der Waals surface area contributed by atoms with Gasteiger partial charge in [0.15, 0.2) is 0 Å². The van der Waals surface area contributed by atoms with E-state index in [0.717, 1.165) is 0 Å². The lowest BCUT2D eigenvalue weighted by Gasteiger charge is -2.15. The van der Waals surface area contributed by atoms with Crippen LogP contribution < -0.4 is 16.0 Å². The monoisotopic (exact) mass is 319 g/mol. The minimum Gasteiger partial charge on any atom is -0.481 e. The summed E-state index contributed by atoms with van der Waals surface area (Å²) < 4.78 is 0. The van der Waals surface area contributed by atoms with Gasteiger partial charge < -0.3 is 31.3 Å². The summed E-state index contributed by atoms with van der Waals surface area (Å²) in [6.07, 6.45) is -1.31. The summed E-state index contributed by atoms with van der Waals surface area (Å²) in [6, 6.07) is -2.68. The average Bonchev–Trinajstić information content (AvgIpc) is 2.40. The lowest BCUT2D eigenvalue weighted by molar-refractivity contribution is -0.147. The van der Waals surface area contributed by atoms with Crippen molar-refractivity contribution in [3.63, 3.8) is 0 Å². The van der Waals surface area contributed by atoms with E-state index in [0.29, 0.717) is 0 Å². The lowest BCUT2D eigenvalue weighted by atomic mass is 10.2. The fourth-order valence-corrected chi connectivity index (χ4v) is 1.41. The van der Waals surface area contributed by atoms with E-state index in [1.54, 1.807) is 0 Å². The molecule has 0 aliphatic rings. The number of carboxylic acids is 3. The Bertz CT molecular complexity index is 464. The molecule has 0 saturated carbocycles. The first-order valence-electron chi connectivity index (χ1n) is 6.08. The molecule has 0 radical (unpaired) electrons. The van der Waals surface area contributed by atoms with Gasteiger partial charge in [0.2, 0.25) is 11.8 Å². The van der Waals surface area contributed by atoms with Gasteiger partial charge in [0.25, 0.3) is 0 Å². The summed E-state index contributed by atoms with van der Waals surface area (Å²) >= 11 is 0. The number of carbonyl (C=O) groups excluding carboxylic acids is 2. The fraction of sp³-hybridized carbons (Fsp3) is 0.545. The zero-order valence-corrected chi connectivity index (χ0v) is 11.7. The molecule has 0 aliphatic carbocycles. The summed E-state index contributed by atoms with van der Waals surface area (Å²) in [6.45, 7) is -0.611. The van der Waals surface area contributed by atoms with Crippen molar-refractivity contribution >= 4 is 29.7 Å². The Morgan fingerprint density at radius 3 is 1.82 bits per heavy atom. The number of hydrogen-bond acceptors (Lipinski definition) is 6. The molecule has 0 aromatic heterocycles. The summed E-state index contributed by atoms with van der Waals surface area (Å²) in [4.78, 5) is 54.7. The highest BCUT2D eigenvalue weighted by atomic mass is 16.4. The van der Waals surface area contributed by atoms with Gasteiger partial charge in [0.1, 0.15) is 6.04 Å². The maximum atomic E-state index is 11.6. The van der Waals surface area contributed by atoms with E-state index < -0.39 is 61.2 Å². The van der Waals surface area contributed by atoms with E-state index in [9.17, 15) is 24.0 Å². The summed E-state index contributed by atoms with van der Waals surface area (Å²) in [5, 5.41) is 32.3. The van der Waals surface area contributed by atoms with E-state index in [2.05, 4.69) is 10.6 Å². The first-order chi connectivity index (χ1) is 10.2. The van der Waals surface area contributed by atoms with Crippen LogP contribution in [-0.4, -0.2) is 70.7 Å². The molecule has 11 nitrogen and oxygen atoms in total. The third-order valence-electron chi connectivity index (χ3n) is 2.48. The largest absolute Gasteiger partial charge is 0.481 e. The van der Waals surface area contributed by atoms with Crippen molar-refractivity contribution in [1.82, 2.24) is 16.0 Å². The normalized spacial score (nSPS) is 12.8. The molecule has 0 heterocycles. The van der Waals surface area contributed by atoms with E-state index in [-0.39, 0.29) is 0 Å². The second kappa shape index (κ2) is 9.28. The minimum absolute atomic E-state index is 0.499. The summed E-state index contributed by atoms with van der Waals surface area (Å²) in [7, 11) is 1.36. The van der Waals surface area contributed by atoms with Gasteiger partial charge in [-0.3, -0.25) is 19.2 Å². The van der Waals surface area contributed by atoms with E-state index in [4.69, 9.17) is 15.3 Å². The Kier molecular flexibility index (Phi) is 8.15. The van der Waals surface area contributed by atoms with E-state index in [1.807, 2.05) is 5.32 Å². The maximum Gasteiger partial charge on any atom is 0.326 e. The van der Waals surface area contributed by atoms with E-state index in [1.165, 1.54) is 7.05 Å². The Balaban J connectivity index is 4.41. The Hall–Kier alpha value is -2.69. The smallest absolute Gasteiger partial charge is 0.326 e. The first kappa shape index (κ1) is 19.3. The van der Waals surface area contributed by atoms with Crippen molar-refractivity contribution in [3.8, 4) is 0 Å². The molecule has 124 valence electrons. The second-order valence-electron chi connectivity index (χ2n) is 4.21. The van der Waals surface area contributed by atoms with Gasteiger partial charge in [-0.1, -0.05) is 0 Å². The van der Waals surface area contributed by atoms with Crippen molar-refractivity contribution in [2.75, 3.05) is 13.6 Å². The van der Waals surface area contributed by atoms with Crippen molar-refractivity contribution in [3.05, 3.63) is 0 Å². The summed E-state index contributed by atoms with van der Waals surface area (Å²) in [5.41, 5.74) is 0. The quantitative estimate of drug-likeness (QED) is 0.248. The zero-order chi connectivity index (χ0) is 17.3. The molecule has 0 saturated heterocycles. The maximum absolute atomic E-state index is 11.6. The van der Waals surface area contributed by atoms with Crippen LogP contribution in [0.4, 0.5) is 0 Å².